The molecular weight excluding hydrogens is 178 g/mol. The van der Waals surface area contributed by atoms with Crippen molar-refractivity contribution in [3.05, 3.63) is 0 Å². The second-order valence-electron chi connectivity index (χ2n) is 3.00. The summed E-state index contributed by atoms with van der Waals surface area (Å²) in [6.45, 7) is 3.03. The minimum atomic E-state index is -3.05. The molecule has 1 atom stereocenters. The van der Waals surface area contributed by atoms with Gasteiger partial charge in [0.1, 0.15) is 0 Å². The molecule has 1 fully saturated rings. The van der Waals surface area contributed by atoms with E-state index in [0.717, 1.165) is 6.42 Å². The van der Waals surface area contributed by atoms with Crippen LogP contribution in [0.25, 0.3) is 0 Å². The number of hydrogen-bond acceptors (Lipinski definition) is 3. The molecule has 0 aliphatic carbocycles. The van der Waals surface area contributed by atoms with E-state index in [2.05, 4.69) is 4.72 Å². The van der Waals surface area contributed by atoms with E-state index in [1.165, 1.54) is 0 Å². The monoisotopic (exact) mass is 193 g/mol. The maximum absolute atomic E-state index is 11.2. The average Bonchev–Trinajstić information content (AvgIpc) is 2.38. The van der Waals surface area contributed by atoms with Crippen LogP contribution in [0.15, 0.2) is 0 Å². The molecule has 5 heteroatoms. The first-order chi connectivity index (χ1) is 5.64. The second kappa shape index (κ2) is 4.20. The Morgan fingerprint density at radius 2 is 2.33 bits per heavy atom. The van der Waals surface area contributed by atoms with E-state index in [4.69, 9.17) is 4.74 Å². The molecule has 4 nitrogen and oxygen atoms in total. The minimum Gasteiger partial charge on any atom is -0.380 e. The standard InChI is InChI=1S/C7H15NO3S/c1-2-5-12(9,10)8-7-3-4-11-6-7/h7-8H,2-6H2,1H3. The Morgan fingerprint density at radius 1 is 1.58 bits per heavy atom. The molecule has 1 N–H and O–H groups in total. The molecular formula is C7H15NO3S. The van der Waals surface area contributed by atoms with Crippen molar-refractivity contribution in [1.82, 2.24) is 4.72 Å². The van der Waals surface area contributed by atoms with Gasteiger partial charge < -0.3 is 4.74 Å². The summed E-state index contributed by atoms with van der Waals surface area (Å²) in [6.07, 6.45) is 1.45. The molecule has 12 heavy (non-hydrogen) atoms. The Bertz CT molecular complexity index is 219. The molecule has 1 heterocycles. The Hall–Kier alpha value is -0.130. The molecule has 0 aromatic rings. The van der Waals surface area contributed by atoms with Gasteiger partial charge in [0.15, 0.2) is 0 Å². The number of rotatable bonds is 4. The molecule has 0 spiro atoms. The number of hydrogen-bond donors (Lipinski definition) is 1. The first kappa shape index (κ1) is 9.95. The van der Waals surface area contributed by atoms with E-state index in [1.54, 1.807) is 0 Å². The van der Waals surface area contributed by atoms with Crippen LogP contribution in [0.3, 0.4) is 0 Å². The molecule has 1 aliphatic rings. The van der Waals surface area contributed by atoms with Crippen molar-refractivity contribution in [2.75, 3.05) is 19.0 Å². The highest BCUT2D eigenvalue weighted by molar-refractivity contribution is 7.89. The van der Waals surface area contributed by atoms with Gasteiger partial charge in [0.05, 0.1) is 12.4 Å². The zero-order chi connectivity index (χ0) is 9.03. The van der Waals surface area contributed by atoms with Gasteiger partial charge in [-0.25, -0.2) is 13.1 Å². The zero-order valence-corrected chi connectivity index (χ0v) is 8.06. The highest BCUT2D eigenvalue weighted by Crippen LogP contribution is 2.05. The van der Waals surface area contributed by atoms with E-state index in [1.807, 2.05) is 6.92 Å². The Balaban J connectivity index is 2.38. The minimum absolute atomic E-state index is 0.00144. The fourth-order valence-electron chi connectivity index (χ4n) is 1.21. The fraction of sp³-hybridized carbons (Fsp3) is 1.00. The van der Waals surface area contributed by atoms with Crippen LogP contribution in [0.1, 0.15) is 19.8 Å². The molecule has 0 bridgehead atoms. The van der Waals surface area contributed by atoms with Crippen molar-refractivity contribution < 1.29 is 13.2 Å². The molecule has 0 radical (unpaired) electrons. The summed E-state index contributed by atoms with van der Waals surface area (Å²) in [7, 11) is -3.05. The summed E-state index contributed by atoms with van der Waals surface area (Å²) < 4.78 is 30.1. The van der Waals surface area contributed by atoms with Gasteiger partial charge in [-0.1, -0.05) is 6.92 Å². The van der Waals surface area contributed by atoms with Gasteiger partial charge in [-0.2, -0.15) is 0 Å². The molecule has 1 rings (SSSR count). The highest BCUT2D eigenvalue weighted by atomic mass is 32.2. The highest BCUT2D eigenvalue weighted by Gasteiger charge is 2.20. The topological polar surface area (TPSA) is 55.4 Å². The summed E-state index contributed by atoms with van der Waals surface area (Å²) in [4.78, 5) is 0. The molecule has 0 amide bonds. The van der Waals surface area contributed by atoms with Gasteiger partial charge in [0.25, 0.3) is 0 Å². The smallest absolute Gasteiger partial charge is 0.211 e. The normalized spacial score (nSPS) is 24.6. The summed E-state index contributed by atoms with van der Waals surface area (Å²) in [6, 6.07) is 0.00144. The van der Waals surface area contributed by atoms with Crippen molar-refractivity contribution in [1.29, 1.82) is 0 Å². The maximum Gasteiger partial charge on any atom is 0.211 e. The van der Waals surface area contributed by atoms with Crippen molar-refractivity contribution >= 4 is 10.0 Å². The summed E-state index contributed by atoms with van der Waals surface area (Å²) >= 11 is 0. The van der Waals surface area contributed by atoms with E-state index < -0.39 is 10.0 Å². The molecule has 1 unspecified atom stereocenters. The Morgan fingerprint density at radius 3 is 2.83 bits per heavy atom. The van der Waals surface area contributed by atoms with Crippen LogP contribution >= 0.6 is 0 Å². The van der Waals surface area contributed by atoms with Gasteiger partial charge >= 0.3 is 0 Å². The fourth-order valence-corrected chi connectivity index (χ4v) is 2.56. The molecule has 72 valence electrons. The van der Waals surface area contributed by atoms with Gasteiger partial charge in [0, 0.05) is 12.6 Å². The summed E-state index contributed by atoms with van der Waals surface area (Å²) in [5.41, 5.74) is 0. The predicted octanol–water partition coefficient (Wildman–Crippen LogP) is 0.105. The molecule has 0 aromatic heterocycles. The van der Waals surface area contributed by atoms with Crippen LogP contribution in [0, 0.1) is 0 Å². The number of sulfonamides is 1. The number of ether oxygens (including phenoxy) is 1. The largest absolute Gasteiger partial charge is 0.380 e. The summed E-state index contributed by atoms with van der Waals surface area (Å²) in [5.74, 6) is 0.212. The van der Waals surface area contributed by atoms with Gasteiger partial charge in [-0.15, -0.1) is 0 Å². The first-order valence-corrected chi connectivity index (χ1v) is 5.87. The van der Waals surface area contributed by atoms with E-state index in [0.29, 0.717) is 19.6 Å². The zero-order valence-electron chi connectivity index (χ0n) is 7.25. The summed E-state index contributed by atoms with van der Waals surface area (Å²) in [5, 5.41) is 0. The quantitative estimate of drug-likeness (QED) is 0.689. The average molecular weight is 193 g/mol. The third-order valence-corrected chi connectivity index (χ3v) is 3.39. The van der Waals surface area contributed by atoms with Gasteiger partial charge in [-0.3, -0.25) is 0 Å². The van der Waals surface area contributed by atoms with Gasteiger partial charge in [-0.05, 0) is 12.8 Å². The van der Waals surface area contributed by atoms with Crippen LogP contribution in [-0.4, -0.2) is 33.4 Å². The molecule has 1 saturated heterocycles. The van der Waals surface area contributed by atoms with Crippen LogP contribution < -0.4 is 4.72 Å². The van der Waals surface area contributed by atoms with E-state index in [9.17, 15) is 8.42 Å². The van der Waals surface area contributed by atoms with Crippen LogP contribution in [0.4, 0.5) is 0 Å². The van der Waals surface area contributed by atoms with Crippen molar-refractivity contribution in [2.45, 2.75) is 25.8 Å². The lowest BCUT2D eigenvalue weighted by Crippen LogP contribution is -2.36. The second-order valence-corrected chi connectivity index (χ2v) is 4.87. The maximum atomic E-state index is 11.2. The van der Waals surface area contributed by atoms with E-state index >= 15 is 0 Å². The molecule has 1 aliphatic heterocycles. The third-order valence-electron chi connectivity index (χ3n) is 1.75. The lowest BCUT2D eigenvalue weighted by Gasteiger charge is -2.09. The first-order valence-electron chi connectivity index (χ1n) is 4.22. The lowest BCUT2D eigenvalue weighted by molar-refractivity contribution is 0.192. The number of nitrogens with one attached hydrogen (secondary N) is 1. The van der Waals surface area contributed by atoms with E-state index in [-0.39, 0.29) is 11.8 Å². The van der Waals surface area contributed by atoms with Crippen molar-refractivity contribution in [3.8, 4) is 0 Å². The van der Waals surface area contributed by atoms with Crippen molar-refractivity contribution in [2.24, 2.45) is 0 Å². The van der Waals surface area contributed by atoms with Crippen molar-refractivity contribution in [3.63, 3.8) is 0 Å². The molecule has 0 saturated carbocycles. The van der Waals surface area contributed by atoms with Gasteiger partial charge in [0.2, 0.25) is 10.0 Å². The third kappa shape index (κ3) is 3.08. The molecule has 0 aromatic carbocycles. The Kier molecular flexibility index (Phi) is 3.49. The Labute approximate surface area is 73.3 Å². The SMILES string of the molecule is CCCS(=O)(=O)NC1CCOC1. The van der Waals surface area contributed by atoms with Crippen LogP contribution in [0.5, 0.6) is 0 Å². The lowest BCUT2D eigenvalue weighted by atomic mass is 10.3. The van der Waals surface area contributed by atoms with Crippen LogP contribution in [0.2, 0.25) is 0 Å². The van der Waals surface area contributed by atoms with Crippen LogP contribution in [-0.2, 0) is 14.8 Å². The predicted molar refractivity (Wildman–Crippen MR) is 46.4 cm³/mol.